The molecule has 0 aromatic rings. The van der Waals surface area contributed by atoms with Gasteiger partial charge in [-0.2, -0.15) is 0 Å². The van der Waals surface area contributed by atoms with E-state index in [2.05, 4.69) is 34.3 Å². The smallest absolute Gasteiger partial charge is 0.166 e. The molecule has 2 aliphatic rings. The molecule has 2 heterocycles. The molecule has 2 fully saturated rings. The minimum atomic E-state index is -0.978. The van der Waals surface area contributed by atoms with Gasteiger partial charge in [-0.15, -0.1) is 0 Å². The van der Waals surface area contributed by atoms with Gasteiger partial charge in [0.15, 0.2) is 5.79 Å². The summed E-state index contributed by atoms with van der Waals surface area (Å²) in [5, 5.41) is 21.2. The summed E-state index contributed by atoms with van der Waals surface area (Å²) in [5.41, 5.74) is 1.20. The topological polar surface area (TPSA) is 49.7 Å². The molecule has 2 saturated heterocycles. The van der Waals surface area contributed by atoms with Crippen molar-refractivity contribution in [2.75, 3.05) is 0 Å². The molecule has 3 heteroatoms. The van der Waals surface area contributed by atoms with Crippen LogP contribution in [0.2, 0.25) is 0 Å². The van der Waals surface area contributed by atoms with E-state index >= 15 is 0 Å². The fourth-order valence-electron chi connectivity index (χ4n) is 4.38. The number of allylic oxidation sites excluding steroid dienone is 1. The lowest BCUT2D eigenvalue weighted by Crippen LogP contribution is -2.31. The molecule has 0 aromatic carbocycles. The molecule has 0 aliphatic carbocycles. The quantitative estimate of drug-likeness (QED) is 0.708. The van der Waals surface area contributed by atoms with Crippen molar-refractivity contribution >= 4 is 0 Å². The summed E-state index contributed by atoms with van der Waals surface area (Å²) in [7, 11) is 0. The molecule has 0 aromatic heterocycles. The SMILES string of the molecule is C=C(C)[C@@H]1CC[C@@H](C)[C@H](O)CC[C@@H](C)CC2(O)C[C@@H](C)[C@@H](C1)O2. The number of aliphatic hydroxyl groups excluding tert-OH is 1. The Hall–Kier alpha value is -0.380. The third kappa shape index (κ3) is 5.04. The minimum absolute atomic E-state index is 0.120. The zero-order valence-electron chi connectivity index (χ0n) is 15.4. The second-order valence-corrected chi connectivity index (χ2v) is 8.57. The molecular weight excluding hydrogens is 288 g/mol. The van der Waals surface area contributed by atoms with Crippen LogP contribution >= 0.6 is 0 Å². The summed E-state index contributed by atoms with van der Waals surface area (Å²) in [6, 6.07) is 0. The van der Waals surface area contributed by atoms with Crippen molar-refractivity contribution in [1.82, 2.24) is 0 Å². The van der Waals surface area contributed by atoms with E-state index in [1.807, 2.05) is 0 Å². The summed E-state index contributed by atoms with van der Waals surface area (Å²) in [6.07, 6.45) is 6.06. The Balaban J connectivity index is 2.15. The predicted molar refractivity (Wildman–Crippen MR) is 93.9 cm³/mol. The van der Waals surface area contributed by atoms with Crippen LogP contribution in [-0.4, -0.2) is 28.2 Å². The maximum absolute atomic E-state index is 10.9. The molecule has 0 spiro atoms. The highest BCUT2D eigenvalue weighted by atomic mass is 16.6. The first kappa shape index (κ1) is 19.0. The average molecular weight is 325 g/mol. The Bertz CT molecular complexity index is 408. The minimum Gasteiger partial charge on any atom is -0.393 e. The van der Waals surface area contributed by atoms with Crippen molar-refractivity contribution in [3.63, 3.8) is 0 Å². The van der Waals surface area contributed by atoms with Crippen LogP contribution in [0.1, 0.15) is 72.6 Å². The van der Waals surface area contributed by atoms with E-state index in [1.54, 1.807) is 0 Å². The molecule has 1 unspecified atom stereocenters. The number of rotatable bonds is 1. The van der Waals surface area contributed by atoms with Crippen LogP contribution in [0, 0.1) is 23.7 Å². The van der Waals surface area contributed by atoms with E-state index in [9.17, 15) is 10.2 Å². The highest BCUT2D eigenvalue weighted by molar-refractivity contribution is 4.99. The molecule has 2 rings (SSSR count). The van der Waals surface area contributed by atoms with Gasteiger partial charge in [0, 0.05) is 12.8 Å². The van der Waals surface area contributed by atoms with Crippen LogP contribution in [-0.2, 0) is 4.74 Å². The second-order valence-electron chi connectivity index (χ2n) is 8.57. The van der Waals surface area contributed by atoms with Crippen molar-refractivity contribution < 1.29 is 14.9 Å². The number of hydrogen-bond donors (Lipinski definition) is 2. The molecular formula is C20H36O3. The van der Waals surface area contributed by atoms with E-state index < -0.39 is 5.79 Å². The zero-order valence-corrected chi connectivity index (χ0v) is 15.4. The van der Waals surface area contributed by atoms with E-state index in [4.69, 9.17) is 4.74 Å². The van der Waals surface area contributed by atoms with E-state index in [-0.39, 0.29) is 12.2 Å². The predicted octanol–water partition coefficient (Wildman–Crippen LogP) is 4.28. The van der Waals surface area contributed by atoms with Crippen LogP contribution < -0.4 is 0 Å². The molecule has 0 radical (unpaired) electrons. The number of aliphatic hydroxyl groups is 2. The van der Waals surface area contributed by atoms with Crippen LogP contribution in [0.5, 0.6) is 0 Å². The van der Waals surface area contributed by atoms with Crippen molar-refractivity contribution in [1.29, 1.82) is 0 Å². The third-order valence-electron chi connectivity index (χ3n) is 6.11. The summed E-state index contributed by atoms with van der Waals surface area (Å²) in [5.74, 6) is 0.514. The van der Waals surface area contributed by atoms with Gasteiger partial charge in [-0.1, -0.05) is 32.9 Å². The third-order valence-corrected chi connectivity index (χ3v) is 6.11. The van der Waals surface area contributed by atoms with Crippen molar-refractivity contribution in [2.24, 2.45) is 23.7 Å². The van der Waals surface area contributed by atoms with E-state index in [0.29, 0.717) is 30.1 Å². The van der Waals surface area contributed by atoms with E-state index in [1.165, 1.54) is 5.57 Å². The van der Waals surface area contributed by atoms with Crippen molar-refractivity contribution in [3.8, 4) is 0 Å². The van der Waals surface area contributed by atoms with Crippen molar-refractivity contribution in [2.45, 2.75) is 90.6 Å². The van der Waals surface area contributed by atoms with Gasteiger partial charge in [0.05, 0.1) is 12.2 Å². The fraction of sp³-hybridized carbons (Fsp3) is 0.900. The molecule has 2 bridgehead atoms. The van der Waals surface area contributed by atoms with Gasteiger partial charge in [-0.3, -0.25) is 0 Å². The van der Waals surface area contributed by atoms with E-state index in [0.717, 1.165) is 38.5 Å². The van der Waals surface area contributed by atoms with Gasteiger partial charge in [0.1, 0.15) is 0 Å². The first-order valence-corrected chi connectivity index (χ1v) is 9.44. The standard InChI is InChI=1S/C20H36O3/c1-13(2)17-8-7-15(4)18(21)9-6-14(3)11-20(22)12-16(5)19(10-17)23-20/h14-19,21-22H,1,6-12H2,2-5H3/t14-,15-,16-,17-,18-,19-,20?/m1/s1. The lowest BCUT2D eigenvalue weighted by molar-refractivity contribution is -0.204. The first-order valence-electron chi connectivity index (χ1n) is 9.44. The summed E-state index contributed by atoms with van der Waals surface area (Å²) >= 11 is 0. The highest BCUT2D eigenvalue weighted by Gasteiger charge is 2.44. The fourth-order valence-corrected chi connectivity index (χ4v) is 4.38. The molecule has 0 amide bonds. The average Bonchev–Trinajstić information content (AvgIpc) is 2.73. The molecule has 134 valence electrons. The molecule has 0 saturated carbocycles. The van der Waals surface area contributed by atoms with Crippen molar-refractivity contribution in [3.05, 3.63) is 12.2 Å². The molecule has 2 N–H and O–H groups in total. The Morgan fingerprint density at radius 2 is 1.74 bits per heavy atom. The zero-order chi connectivity index (χ0) is 17.2. The maximum atomic E-state index is 10.9. The lowest BCUT2D eigenvalue weighted by atomic mass is 9.82. The summed E-state index contributed by atoms with van der Waals surface area (Å²) in [6.45, 7) is 12.8. The Labute approximate surface area is 142 Å². The van der Waals surface area contributed by atoms with Gasteiger partial charge in [0.25, 0.3) is 0 Å². The number of hydrogen-bond acceptors (Lipinski definition) is 3. The summed E-state index contributed by atoms with van der Waals surface area (Å²) in [4.78, 5) is 0. The number of fused-ring (bicyclic) bond motifs is 2. The first-order chi connectivity index (χ1) is 10.7. The van der Waals surface area contributed by atoms with Gasteiger partial charge in [0.2, 0.25) is 0 Å². The van der Waals surface area contributed by atoms with Gasteiger partial charge in [-0.05, 0) is 62.7 Å². The lowest BCUT2D eigenvalue weighted by Gasteiger charge is -2.27. The largest absolute Gasteiger partial charge is 0.393 e. The Morgan fingerprint density at radius 1 is 1.04 bits per heavy atom. The number of ether oxygens (including phenoxy) is 1. The maximum Gasteiger partial charge on any atom is 0.166 e. The Morgan fingerprint density at radius 3 is 2.39 bits per heavy atom. The molecule has 2 aliphatic heterocycles. The molecule has 7 atom stereocenters. The van der Waals surface area contributed by atoms with Gasteiger partial charge < -0.3 is 14.9 Å². The normalized spacial score (nSPS) is 46.5. The molecule has 23 heavy (non-hydrogen) atoms. The van der Waals surface area contributed by atoms with Crippen LogP contribution in [0.3, 0.4) is 0 Å². The van der Waals surface area contributed by atoms with Crippen LogP contribution in [0.4, 0.5) is 0 Å². The highest BCUT2D eigenvalue weighted by Crippen LogP contribution is 2.42. The van der Waals surface area contributed by atoms with Crippen LogP contribution in [0.25, 0.3) is 0 Å². The monoisotopic (exact) mass is 324 g/mol. The Kier molecular flexibility index (Phi) is 6.32. The second kappa shape index (κ2) is 7.67. The molecule has 3 nitrogen and oxygen atoms in total. The summed E-state index contributed by atoms with van der Waals surface area (Å²) < 4.78 is 6.13. The van der Waals surface area contributed by atoms with Gasteiger partial charge in [-0.25, -0.2) is 0 Å². The van der Waals surface area contributed by atoms with Gasteiger partial charge >= 0.3 is 0 Å². The van der Waals surface area contributed by atoms with Crippen LogP contribution in [0.15, 0.2) is 12.2 Å².